The fourth-order valence-corrected chi connectivity index (χ4v) is 12.1. The Morgan fingerprint density at radius 2 is 1.02 bits per heavy atom. The average Bonchev–Trinajstić information content (AvgIpc) is 0.984. The Kier molecular flexibility index (Phi) is 34.5. The maximum Gasteiger partial charge on any atom is 0.245 e. The van der Waals surface area contributed by atoms with Crippen LogP contribution in [0.4, 0.5) is 0 Å². The Labute approximate surface area is 622 Å². The number of primary amides is 1. The van der Waals surface area contributed by atoms with Gasteiger partial charge in [-0.2, -0.15) is 0 Å². The highest BCUT2D eigenvalue weighted by atomic mass is 35.5. The monoisotopic (exact) mass is 1480 g/mol. The van der Waals surface area contributed by atoms with Crippen molar-refractivity contribution in [3.63, 3.8) is 0 Å². The number of hydrogen-bond acceptors (Lipinski definition) is 16. The fraction of sp³-hybridized carbons (Fsp3) is 0.473. The van der Waals surface area contributed by atoms with Gasteiger partial charge in [-0.15, -0.1) is 0 Å². The Morgan fingerprint density at radius 3 is 1.56 bits per heavy atom. The van der Waals surface area contributed by atoms with Crippen molar-refractivity contribution >= 4 is 99.3 Å². The van der Waals surface area contributed by atoms with Crippen LogP contribution in [-0.2, 0) is 78.4 Å². The number of pyridine rings is 2. The van der Waals surface area contributed by atoms with Crippen molar-refractivity contribution in [3.05, 3.63) is 143 Å². The Balaban J connectivity index is 1.25. The van der Waals surface area contributed by atoms with Crippen molar-refractivity contribution in [2.75, 3.05) is 39.3 Å². The van der Waals surface area contributed by atoms with Crippen LogP contribution in [0.2, 0.25) is 5.02 Å². The molecule has 0 aliphatic carbocycles. The number of amides is 11. The number of halogens is 1. The summed E-state index contributed by atoms with van der Waals surface area (Å²) in [5, 5.41) is 43.8. The lowest BCUT2D eigenvalue weighted by Gasteiger charge is -2.31. The summed E-state index contributed by atoms with van der Waals surface area (Å²) in [6.45, 7) is 10.9. The van der Waals surface area contributed by atoms with Crippen molar-refractivity contribution in [1.29, 1.82) is 0 Å². The lowest BCUT2D eigenvalue weighted by molar-refractivity contribution is -0.142. The number of aliphatic imine (C=N–C) groups is 2. The first-order valence-electron chi connectivity index (χ1n) is 35.7. The van der Waals surface area contributed by atoms with Crippen LogP contribution < -0.4 is 75.7 Å². The molecule has 0 bridgehead atoms. The van der Waals surface area contributed by atoms with E-state index in [0.29, 0.717) is 72.1 Å². The quantitative estimate of drug-likeness (QED) is 0.0142. The average molecular weight is 1490 g/mol. The van der Waals surface area contributed by atoms with Crippen molar-refractivity contribution in [2.24, 2.45) is 33.1 Å². The van der Waals surface area contributed by atoms with Crippen LogP contribution in [-0.4, -0.2) is 197 Å². The summed E-state index contributed by atoms with van der Waals surface area (Å²) in [5.41, 5.74) is 18.9. The van der Waals surface area contributed by atoms with Crippen molar-refractivity contribution in [3.8, 4) is 0 Å². The first-order chi connectivity index (χ1) is 50.7. The fourth-order valence-electron chi connectivity index (χ4n) is 11.9. The summed E-state index contributed by atoms with van der Waals surface area (Å²) in [5.74, 6) is -8.53. The largest absolute Gasteiger partial charge is 0.394 e. The zero-order valence-electron chi connectivity index (χ0n) is 60.8. The molecule has 2 aromatic heterocycles. The predicted octanol–water partition coefficient (Wildman–Crippen LogP) is 0.270. The van der Waals surface area contributed by atoms with Crippen LogP contribution in [0.1, 0.15) is 115 Å². The maximum absolute atomic E-state index is 15.0. The number of rotatable bonds is 41. The molecule has 11 amide bonds. The number of nitrogens with two attached hydrogens (primary N) is 3. The third-order valence-electron chi connectivity index (χ3n) is 17.4. The predicted molar refractivity (Wildman–Crippen MR) is 401 cm³/mol. The van der Waals surface area contributed by atoms with E-state index in [9.17, 15) is 57.8 Å². The Hall–Kier alpha value is -10.8. The second-order valence-corrected chi connectivity index (χ2v) is 26.8. The summed E-state index contributed by atoms with van der Waals surface area (Å²) in [4.78, 5) is 174. The highest BCUT2D eigenvalue weighted by molar-refractivity contribution is 6.30. The number of hydrogen-bond donors (Lipinski definition) is 15. The molecule has 5 aromatic rings. The summed E-state index contributed by atoms with van der Waals surface area (Å²) in [6.07, 6.45) is 7.00. The van der Waals surface area contributed by atoms with Gasteiger partial charge in [0.1, 0.15) is 60.4 Å². The molecule has 572 valence electrons. The number of benzene rings is 3. The number of carbonyl (C=O) groups is 11. The highest BCUT2D eigenvalue weighted by Gasteiger charge is 2.40. The van der Waals surface area contributed by atoms with Gasteiger partial charge in [0, 0.05) is 95.1 Å². The third-order valence-corrected chi connectivity index (χ3v) is 17.6. The van der Waals surface area contributed by atoms with Crippen LogP contribution in [0.5, 0.6) is 0 Å². The van der Waals surface area contributed by atoms with Gasteiger partial charge < -0.3 is 85.7 Å². The number of fused-ring (bicyclic) bond motifs is 1. The molecule has 6 rings (SSSR count). The number of aliphatic hydroxyl groups excluding tert-OH is 1. The minimum absolute atomic E-state index is 0.0351. The van der Waals surface area contributed by atoms with Crippen LogP contribution in [0.3, 0.4) is 0 Å². The van der Waals surface area contributed by atoms with E-state index < -0.39 is 132 Å². The summed E-state index contributed by atoms with van der Waals surface area (Å²) < 4.78 is 0. The molecule has 1 aliphatic rings. The van der Waals surface area contributed by atoms with Crippen molar-refractivity contribution in [2.45, 2.75) is 179 Å². The minimum Gasteiger partial charge on any atom is -0.394 e. The van der Waals surface area contributed by atoms with E-state index in [2.05, 4.69) is 78.4 Å². The highest BCUT2D eigenvalue weighted by Crippen LogP contribution is 2.22. The van der Waals surface area contributed by atoms with Gasteiger partial charge in [-0.3, -0.25) is 72.7 Å². The molecular weight excluding hydrogens is 1380 g/mol. The molecule has 18 N–H and O–H groups in total. The number of aromatic nitrogens is 2. The van der Waals surface area contributed by atoms with Gasteiger partial charge in [0.15, 0.2) is 11.9 Å². The van der Waals surface area contributed by atoms with Gasteiger partial charge in [-0.25, -0.2) is 0 Å². The van der Waals surface area contributed by atoms with Crippen LogP contribution in [0, 0.1) is 5.92 Å². The van der Waals surface area contributed by atoms with Gasteiger partial charge in [-0.1, -0.05) is 92.2 Å². The van der Waals surface area contributed by atoms with E-state index in [0.717, 1.165) is 10.8 Å². The molecule has 32 heteroatoms. The molecule has 10 atom stereocenters. The minimum atomic E-state index is -1.81. The van der Waals surface area contributed by atoms with Crippen LogP contribution in [0.15, 0.2) is 126 Å². The van der Waals surface area contributed by atoms with Gasteiger partial charge in [0.25, 0.3) is 0 Å². The molecule has 106 heavy (non-hydrogen) atoms. The second-order valence-electron chi connectivity index (χ2n) is 26.4. The van der Waals surface area contributed by atoms with Crippen LogP contribution >= 0.6 is 11.6 Å². The van der Waals surface area contributed by atoms with Crippen molar-refractivity contribution < 1.29 is 57.8 Å². The molecule has 0 radical (unpaired) electrons. The molecule has 3 heterocycles. The number of aliphatic hydroxyl groups is 1. The first-order valence-corrected chi connectivity index (χ1v) is 36.1. The molecule has 0 spiro atoms. The standard InChI is InChI=1S/C74H102ClN19O12/c1-7-81-74(82-8-2)84-32-12-11-21-55(72(106)94-34-16-23-62(94)71(105)85-45(5)63(76)97)88-65(99)56(35-44(3)4)89-68(102)59(39-49-17-13-30-79-41-49)90-64(98)54(22-15-33-83-73(77)78)87-70(104)61(43-95)93-69(103)60(40-50-18-14-31-80-42-50)92-67(101)58(37-47-25-28-53(75)29-26-47)91-66(100)57(86-46(6)96)38-48-24-27-51-19-9-10-20-52(51)36-48/h9-10,13-14,17-20,24-31,36,41-42,44-45,54-62,95H,7-8,11-12,15-16,21-23,32-35,37-40,43H2,1-6H3,(H2,76,97)(H,85,105)(H,86,96)(H,87,104)(H,88,99)(H,89,102)(H,90,98)(H,91,100)(H,92,101)(H,93,103)(H4,77,78,83)(H2,81,82,84)/t45-,54+,55+,56+,57-,58-,59-,60-,61+,62+/m1/s1. The number of unbranched alkanes of at least 4 members (excludes halogenated alkanes) is 1. The molecule has 1 aliphatic heterocycles. The van der Waals surface area contributed by atoms with E-state index in [1.807, 2.05) is 70.2 Å². The lowest BCUT2D eigenvalue weighted by Crippen LogP contribution is -2.61. The van der Waals surface area contributed by atoms with Crippen molar-refractivity contribution in [1.82, 2.24) is 73.4 Å². The Bertz CT molecular complexity index is 3820. The molecule has 3 aromatic carbocycles. The zero-order valence-corrected chi connectivity index (χ0v) is 61.6. The number of guanidine groups is 2. The first kappa shape index (κ1) is 84.1. The lowest BCUT2D eigenvalue weighted by atomic mass is 9.99. The summed E-state index contributed by atoms with van der Waals surface area (Å²) in [6, 6.07) is 12.8. The normalized spacial score (nSPS) is 15.0. The zero-order chi connectivity index (χ0) is 77.2. The number of likely N-dealkylation sites (tertiary alicyclic amines) is 1. The van der Waals surface area contributed by atoms with E-state index in [1.165, 1.54) is 43.5 Å². The molecule has 31 nitrogen and oxygen atoms in total. The summed E-state index contributed by atoms with van der Waals surface area (Å²) >= 11 is 6.24. The van der Waals surface area contributed by atoms with E-state index in [1.54, 1.807) is 48.5 Å². The molecular formula is C74H102ClN19O12. The third kappa shape index (κ3) is 28.0. The van der Waals surface area contributed by atoms with Gasteiger partial charge in [0.05, 0.1) is 6.61 Å². The van der Waals surface area contributed by atoms with E-state index in [-0.39, 0.29) is 82.8 Å². The number of nitrogens with zero attached hydrogens (tertiary/aromatic N) is 5. The van der Waals surface area contributed by atoms with Gasteiger partial charge >= 0.3 is 0 Å². The topological polar surface area (TPSA) is 472 Å². The molecule has 1 saturated heterocycles. The van der Waals surface area contributed by atoms with E-state index in [4.69, 9.17) is 28.8 Å². The molecule has 1 fully saturated rings. The number of nitrogens with one attached hydrogen (secondary N) is 11. The van der Waals surface area contributed by atoms with E-state index >= 15 is 0 Å². The van der Waals surface area contributed by atoms with Crippen LogP contribution in [0.25, 0.3) is 10.8 Å². The number of carbonyl (C=O) groups excluding carboxylic acids is 11. The smallest absolute Gasteiger partial charge is 0.245 e. The second kappa shape index (κ2) is 43.5. The summed E-state index contributed by atoms with van der Waals surface area (Å²) in [7, 11) is 0. The maximum atomic E-state index is 15.0. The Morgan fingerprint density at radius 1 is 0.538 bits per heavy atom. The molecule has 0 saturated carbocycles. The van der Waals surface area contributed by atoms with Gasteiger partial charge in [0.2, 0.25) is 65.0 Å². The SMILES string of the molecule is CCNC(=NCCCC[C@H](NC(=O)[C@H](CC(C)C)NC(=O)[C@@H](Cc1cccnc1)NC(=O)[C@H](CCCN=C(N)N)NC(=O)[C@H](CO)NC(=O)[C@@H](Cc1cccnc1)NC(=O)[C@@H](Cc1ccc(Cl)cc1)NC(=O)[C@@H](Cc1ccc2ccccc2c1)NC(C)=O)C(=O)N1CCC[C@H]1C(=O)N[C@H](C)C(N)=O)NCC. The van der Waals surface area contributed by atoms with Gasteiger partial charge in [-0.05, 0) is 135 Å². The molecule has 0 unspecified atom stereocenters.